The third-order valence-electron chi connectivity index (χ3n) is 4.52. The van der Waals surface area contributed by atoms with E-state index in [0.717, 1.165) is 0 Å². The first-order valence-electron chi connectivity index (χ1n) is 7.91. The van der Waals surface area contributed by atoms with E-state index in [1.54, 1.807) is 0 Å². The number of hydrogen-bond acceptors (Lipinski definition) is 0. The zero-order valence-corrected chi connectivity index (χ0v) is 13.0. The maximum absolute atomic E-state index is 2.37. The smallest absolute Gasteiger partial charge is 0.0570 e. The number of fused-ring (bicyclic) bond motifs is 2. The fourth-order valence-electron chi connectivity index (χ4n) is 3.28. The molecule has 0 bridgehead atoms. The van der Waals surface area contributed by atoms with E-state index in [-0.39, 0.29) is 0 Å². The largest absolute Gasteiger partial charge is 0.0674 e. The minimum atomic E-state index is 0.532. The summed E-state index contributed by atoms with van der Waals surface area (Å²) in [7, 11) is 0. The highest BCUT2D eigenvalue weighted by atomic mass is 14.2. The average Bonchev–Trinajstić information content (AvgIpc) is 2.97. The molecule has 1 aliphatic carbocycles. The standard InChI is InChI=1S/C22H19/c1-15(2)18-13-17-8-4-6-10-20(17)22(14-18)21-12-11-16-7-3-5-9-19(16)21/h3-15H,1-2H3. The van der Waals surface area contributed by atoms with Gasteiger partial charge in [-0.3, -0.25) is 0 Å². The van der Waals surface area contributed by atoms with Gasteiger partial charge in [-0.1, -0.05) is 86.7 Å². The molecule has 1 aliphatic rings. The maximum atomic E-state index is 2.37. The molecule has 0 heteroatoms. The number of rotatable bonds is 2. The normalized spacial score (nSPS) is 14.0. The van der Waals surface area contributed by atoms with Gasteiger partial charge in [-0.05, 0) is 38.9 Å². The van der Waals surface area contributed by atoms with E-state index < -0.39 is 0 Å². The van der Waals surface area contributed by atoms with Crippen LogP contribution in [0.15, 0.2) is 66.7 Å². The van der Waals surface area contributed by atoms with Crippen LogP contribution in [0.4, 0.5) is 0 Å². The Labute approximate surface area is 132 Å². The lowest BCUT2D eigenvalue weighted by Gasteiger charge is -2.17. The van der Waals surface area contributed by atoms with Crippen LogP contribution >= 0.6 is 0 Å². The van der Waals surface area contributed by atoms with E-state index in [9.17, 15) is 0 Å². The molecule has 0 saturated carbocycles. The molecule has 1 radical (unpaired) electrons. The van der Waals surface area contributed by atoms with Crippen molar-refractivity contribution in [2.75, 3.05) is 0 Å². The van der Waals surface area contributed by atoms with Gasteiger partial charge >= 0.3 is 0 Å². The lowest BCUT2D eigenvalue weighted by atomic mass is 9.86. The molecule has 0 atom stereocenters. The van der Waals surface area contributed by atoms with Crippen molar-refractivity contribution >= 4 is 16.8 Å². The number of hydrogen-bond donors (Lipinski definition) is 0. The van der Waals surface area contributed by atoms with Crippen LogP contribution in [-0.2, 0) is 0 Å². The Morgan fingerprint density at radius 1 is 0.727 bits per heavy atom. The first-order valence-corrected chi connectivity index (χ1v) is 7.91. The molecule has 0 unspecified atom stereocenters. The molecule has 107 valence electrons. The summed E-state index contributed by atoms with van der Waals surface area (Å²) in [6, 6.07) is 22.0. The summed E-state index contributed by atoms with van der Waals surface area (Å²) in [5.41, 5.74) is 5.41. The summed E-state index contributed by atoms with van der Waals surface area (Å²) < 4.78 is 0. The first kappa shape index (κ1) is 13.3. The number of benzene rings is 3. The van der Waals surface area contributed by atoms with Crippen LogP contribution in [-0.4, -0.2) is 0 Å². The molecule has 3 aromatic carbocycles. The summed E-state index contributed by atoms with van der Waals surface area (Å²) in [4.78, 5) is 0. The van der Waals surface area contributed by atoms with Gasteiger partial charge in [-0.2, -0.15) is 0 Å². The van der Waals surface area contributed by atoms with E-state index in [1.165, 1.54) is 38.9 Å². The molecule has 4 rings (SSSR count). The maximum Gasteiger partial charge on any atom is 0.0570 e. The Bertz CT molecular complexity index is 868. The molecule has 0 aromatic heterocycles. The molecule has 0 heterocycles. The van der Waals surface area contributed by atoms with Gasteiger partial charge in [0, 0.05) is 0 Å². The molecule has 0 nitrogen and oxygen atoms in total. The molecule has 22 heavy (non-hydrogen) atoms. The summed E-state index contributed by atoms with van der Waals surface area (Å²) in [5, 5.41) is 2.66. The van der Waals surface area contributed by atoms with Crippen LogP contribution in [0, 0.1) is 5.92 Å². The fourth-order valence-corrected chi connectivity index (χ4v) is 3.28. The van der Waals surface area contributed by atoms with Crippen molar-refractivity contribution in [2.45, 2.75) is 19.8 Å². The molecule has 0 amide bonds. The second-order valence-corrected chi connectivity index (χ2v) is 6.28. The van der Waals surface area contributed by atoms with E-state index in [0.29, 0.717) is 5.92 Å². The van der Waals surface area contributed by atoms with Gasteiger partial charge in [0.2, 0.25) is 0 Å². The quantitative estimate of drug-likeness (QED) is 0.544. The zero-order valence-electron chi connectivity index (χ0n) is 13.0. The second-order valence-electron chi connectivity index (χ2n) is 6.28. The molecular weight excluding hydrogens is 264 g/mol. The highest BCUT2D eigenvalue weighted by Gasteiger charge is 2.22. The predicted molar refractivity (Wildman–Crippen MR) is 95.0 cm³/mol. The molecular formula is C22H19. The van der Waals surface area contributed by atoms with Crippen molar-refractivity contribution in [2.24, 2.45) is 0 Å². The van der Waals surface area contributed by atoms with Crippen LogP contribution in [0.3, 0.4) is 0 Å². The summed E-state index contributed by atoms with van der Waals surface area (Å²) in [6.07, 6.45) is 4.48. The van der Waals surface area contributed by atoms with Crippen molar-refractivity contribution in [1.29, 1.82) is 0 Å². The van der Waals surface area contributed by atoms with Gasteiger partial charge in [-0.15, -0.1) is 0 Å². The topological polar surface area (TPSA) is 0 Å². The molecule has 0 saturated heterocycles. The van der Waals surface area contributed by atoms with Gasteiger partial charge in [0.1, 0.15) is 0 Å². The third-order valence-corrected chi connectivity index (χ3v) is 4.52. The van der Waals surface area contributed by atoms with Crippen LogP contribution in [0.1, 0.15) is 42.0 Å². The Hall–Kier alpha value is -2.34. The molecule has 0 fully saturated rings. The number of allylic oxidation sites excluding steroid dienone is 1. The van der Waals surface area contributed by atoms with Crippen molar-refractivity contribution in [3.8, 4) is 0 Å². The fraction of sp³-hybridized carbons (Fsp3) is 0.136. The zero-order chi connectivity index (χ0) is 15.1. The summed E-state index contributed by atoms with van der Waals surface area (Å²) >= 11 is 0. The molecule has 0 aliphatic heterocycles. The van der Waals surface area contributed by atoms with Crippen LogP contribution in [0.5, 0.6) is 0 Å². The van der Waals surface area contributed by atoms with E-state index in [2.05, 4.69) is 86.7 Å². The van der Waals surface area contributed by atoms with Gasteiger partial charge < -0.3 is 0 Å². The first-order chi connectivity index (χ1) is 10.7. The van der Waals surface area contributed by atoms with Gasteiger partial charge in [0.15, 0.2) is 0 Å². The predicted octanol–water partition coefficient (Wildman–Crippen LogP) is 5.96. The summed E-state index contributed by atoms with van der Waals surface area (Å²) in [6.45, 7) is 4.52. The Morgan fingerprint density at radius 3 is 2.36 bits per heavy atom. The second kappa shape index (κ2) is 5.14. The SMILES string of the molecule is CC(C)c1cc([C]2C=Cc3ccccc32)c2ccccc2c1. The van der Waals surface area contributed by atoms with E-state index >= 15 is 0 Å². The minimum absolute atomic E-state index is 0.532. The van der Waals surface area contributed by atoms with E-state index in [4.69, 9.17) is 0 Å². The molecule has 0 spiro atoms. The van der Waals surface area contributed by atoms with Crippen molar-refractivity contribution in [1.82, 2.24) is 0 Å². The van der Waals surface area contributed by atoms with Crippen LogP contribution < -0.4 is 0 Å². The average molecular weight is 283 g/mol. The van der Waals surface area contributed by atoms with Gasteiger partial charge in [0.05, 0.1) is 5.92 Å². The lowest BCUT2D eigenvalue weighted by molar-refractivity contribution is 0.867. The van der Waals surface area contributed by atoms with Gasteiger partial charge in [0.25, 0.3) is 0 Å². The van der Waals surface area contributed by atoms with Crippen molar-refractivity contribution in [3.63, 3.8) is 0 Å². The van der Waals surface area contributed by atoms with Crippen molar-refractivity contribution < 1.29 is 0 Å². The highest BCUT2D eigenvalue weighted by Crippen LogP contribution is 2.38. The lowest BCUT2D eigenvalue weighted by Crippen LogP contribution is -2.00. The summed E-state index contributed by atoms with van der Waals surface area (Å²) in [5.74, 6) is 1.87. The molecule has 0 N–H and O–H groups in total. The third kappa shape index (κ3) is 2.07. The monoisotopic (exact) mass is 283 g/mol. The highest BCUT2D eigenvalue weighted by molar-refractivity contribution is 5.91. The van der Waals surface area contributed by atoms with Crippen LogP contribution in [0.2, 0.25) is 0 Å². The Kier molecular flexibility index (Phi) is 3.11. The molecule has 3 aromatic rings. The van der Waals surface area contributed by atoms with Crippen molar-refractivity contribution in [3.05, 3.63) is 94.9 Å². The van der Waals surface area contributed by atoms with Crippen LogP contribution in [0.25, 0.3) is 16.8 Å². The Morgan fingerprint density at radius 2 is 1.50 bits per heavy atom. The minimum Gasteiger partial charge on any atom is -0.0674 e. The van der Waals surface area contributed by atoms with Gasteiger partial charge in [-0.25, -0.2) is 0 Å². The van der Waals surface area contributed by atoms with E-state index in [1.807, 2.05) is 0 Å². The Balaban J connectivity index is 1.97.